The number of benzene rings is 2. The third-order valence-corrected chi connectivity index (χ3v) is 4.41. The summed E-state index contributed by atoms with van der Waals surface area (Å²) in [6, 6.07) is 10.8. The van der Waals surface area contributed by atoms with Crippen LogP contribution in [0.4, 0.5) is 10.1 Å². The molecule has 7 nitrogen and oxygen atoms in total. The van der Waals surface area contributed by atoms with Crippen molar-refractivity contribution in [3.05, 3.63) is 53.8 Å². The van der Waals surface area contributed by atoms with Gasteiger partial charge in [-0.25, -0.2) is 9.38 Å². The lowest BCUT2D eigenvalue weighted by Crippen LogP contribution is -2.36. The third-order valence-electron chi connectivity index (χ3n) is 4.41. The van der Waals surface area contributed by atoms with Crippen LogP contribution >= 0.6 is 0 Å². The Morgan fingerprint density at radius 3 is 2.59 bits per heavy atom. The number of ether oxygens (including phenoxy) is 3. The number of rotatable bonds is 6. The van der Waals surface area contributed by atoms with E-state index in [1.807, 2.05) is 0 Å². The molecule has 1 saturated heterocycles. The van der Waals surface area contributed by atoms with Gasteiger partial charge in [-0.15, -0.1) is 0 Å². The van der Waals surface area contributed by atoms with Gasteiger partial charge in [-0.3, -0.25) is 10.1 Å². The summed E-state index contributed by atoms with van der Waals surface area (Å²) in [4.78, 5) is 17.2. The summed E-state index contributed by atoms with van der Waals surface area (Å²) >= 11 is 0. The average molecular weight is 401 g/mol. The van der Waals surface area contributed by atoms with Crippen LogP contribution in [0.15, 0.2) is 47.5 Å². The van der Waals surface area contributed by atoms with E-state index < -0.39 is 11.7 Å². The minimum atomic E-state index is -0.405. The Balaban J connectivity index is 1.79. The monoisotopic (exact) mass is 401 g/mol. The number of halogens is 1. The highest BCUT2D eigenvalue weighted by atomic mass is 19.1. The zero-order valence-electron chi connectivity index (χ0n) is 16.4. The number of guanidine groups is 1. The van der Waals surface area contributed by atoms with Crippen LogP contribution in [-0.2, 0) is 4.74 Å². The molecule has 1 heterocycles. The topological polar surface area (TPSA) is 81.2 Å². The number of nitrogens with zero attached hydrogens (tertiary/aromatic N) is 1. The van der Waals surface area contributed by atoms with Crippen molar-refractivity contribution < 1.29 is 23.4 Å². The molecule has 2 aromatic carbocycles. The number of amides is 1. The zero-order chi connectivity index (χ0) is 20.6. The van der Waals surface area contributed by atoms with Crippen LogP contribution in [0.3, 0.4) is 0 Å². The lowest BCUT2D eigenvalue weighted by atomic mass is 10.2. The van der Waals surface area contributed by atoms with Gasteiger partial charge in [0.2, 0.25) is 5.96 Å². The number of hydrogen-bond acceptors (Lipinski definition) is 5. The van der Waals surface area contributed by atoms with Gasteiger partial charge in [0.25, 0.3) is 5.91 Å². The van der Waals surface area contributed by atoms with Crippen LogP contribution in [0.5, 0.6) is 11.5 Å². The van der Waals surface area contributed by atoms with Gasteiger partial charge in [0.15, 0.2) is 0 Å². The first-order valence-electron chi connectivity index (χ1n) is 9.30. The second kappa shape index (κ2) is 9.88. The van der Waals surface area contributed by atoms with Crippen LogP contribution in [-0.4, -0.2) is 45.3 Å². The van der Waals surface area contributed by atoms with Crippen molar-refractivity contribution in [1.29, 1.82) is 0 Å². The van der Waals surface area contributed by atoms with Crippen LogP contribution in [0, 0.1) is 5.82 Å². The van der Waals surface area contributed by atoms with E-state index in [4.69, 9.17) is 14.2 Å². The Hall–Kier alpha value is -3.13. The second-order valence-corrected chi connectivity index (χ2v) is 6.52. The average Bonchev–Trinajstić information content (AvgIpc) is 3.25. The van der Waals surface area contributed by atoms with Crippen molar-refractivity contribution in [3.63, 3.8) is 0 Å². The highest BCUT2D eigenvalue weighted by Crippen LogP contribution is 2.22. The van der Waals surface area contributed by atoms with E-state index in [1.54, 1.807) is 30.3 Å². The number of hydrogen-bond donors (Lipinski definition) is 2. The normalized spacial score (nSPS) is 16.4. The van der Waals surface area contributed by atoms with Crippen molar-refractivity contribution in [1.82, 2.24) is 5.32 Å². The van der Waals surface area contributed by atoms with Crippen LogP contribution in [0.2, 0.25) is 0 Å². The minimum Gasteiger partial charge on any atom is -0.497 e. The van der Waals surface area contributed by atoms with Gasteiger partial charge < -0.3 is 19.5 Å². The van der Waals surface area contributed by atoms with Crippen LogP contribution < -0.4 is 20.1 Å². The molecule has 0 radical (unpaired) electrons. The van der Waals surface area contributed by atoms with Crippen molar-refractivity contribution in [3.8, 4) is 11.5 Å². The first-order chi connectivity index (χ1) is 14.1. The first kappa shape index (κ1) is 20.6. The smallest absolute Gasteiger partial charge is 0.258 e. The SMILES string of the molecule is COc1cc(OC)cc(C(=O)NC(=NC[C@@H]2CCCO2)Nc2cccc(F)c2)c1. The molecule has 1 aliphatic heterocycles. The van der Waals surface area contributed by atoms with E-state index in [-0.39, 0.29) is 12.1 Å². The molecule has 1 fully saturated rings. The summed E-state index contributed by atoms with van der Waals surface area (Å²) in [7, 11) is 3.02. The molecular formula is C21H24FN3O4. The minimum absolute atomic E-state index is 0.00752. The Kier molecular flexibility index (Phi) is 7.02. The standard InChI is InChI=1S/C21H24FN3O4/c1-27-18-9-14(10-19(12-18)28-2)20(26)25-21(23-13-17-7-4-8-29-17)24-16-6-3-5-15(22)11-16/h3,5-6,9-12,17H,4,7-8,13H2,1-2H3,(H2,23,24,25,26)/t17-/m0/s1. The number of carbonyl (C=O) groups is 1. The van der Waals surface area contributed by atoms with E-state index in [9.17, 15) is 9.18 Å². The number of carbonyl (C=O) groups excluding carboxylic acids is 1. The van der Waals surface area contributed by atoms with Crippen molar-refractivity contribution >= 4 is 17.6 Å². The molecule has 8 heteroatoms. The molecule has 29 heavy (non-hydrogen) atoms. The highest BCUT2D eigenvalue weighted by Gasteiger charge is 2.17. The summed E-state index contributed by atoms with van der Waals surface area (Å²) in [6.45, 7) is 1.10. The molecule has 154 valence electrons. The fourth-order valence-corrected chi connectivity index (χ4v) is 2.91. The summed E-state index contributed by atoms with van der Waals surface area (Å²) in [5.41, 5.74) is 0.812. The zero-order valence-corrected chi connectivity index (χ0v) is 16.4. The van der Waals surface area contributed by atoms with Gasteiger partial charge in [-0.2, -0.15) is 0 Å². The fourth-order valence-electron chi connectivity index (χ4n) is 2.91. The predicted molar refractivity (Wildman–Crippen MR) is 108 cm³/mol. The van der Waals surface area contributed by atoms with E-state index in [0.717, 1.165) is 12.8 Å². The van der Waals surface area contributed by atoms with Gasteiger partial charge in [0.1, 0.15) is 17.3 Å². The molecule has 0 unspecified atom stereocenters. The maximum atomic E-state index is 13.5. The Morgan fingerprint density at radius 2 is 1.97 bits per heavy atom. The van der Waals surface area contributed by atoms with Gasteiger partial charge in [0.05, 0.1) is 26.9 Å². The largest absolute Gasteiger partial charge is 0.497 e. The summed E-state index contributed by atoms with van der Waals surface area (Å²) in [5.74, 6) is 0.392. The second-order valence-electron chi connectivity index (χ2n) is 6.52. The van der Waals surface area contributed by atoms with Crippen molar-refractivity contribution in [2.75, 3.05) is 32.7 Å². The molecule has 0 spiro atoms. The lowest BCUT2D eigenvalue weighted by molar-refractivity contribution is 0.0975. The number of nitrogens with one attached hydrogen (secondary N) is 2. The third kappa shape index (κ3) is 5.92. The summed E-state index contributed by atoms with van der Waals surface area (Å²) in [6.07, 6.45) is 1.91. The van der Waals surface area contributed by atoms with Crippen LogP contribution in [0.25, 0.3) is 0 Å². The van der Waals surface area contributed by atoms with Gasteiger partial charge in [0, 0.05) is 23.9 Å². The van der Waals surface area contributed by atoms with E-state index in [2.05, 4.69) is 15.6 Å². The summed E-state index contributed by atoms with van der Waals surface area (Å²) in [5, 5.41) is 5.70. The first-order valence-corrected chi connectivity index (χ1v) is 9.30. The van der Waals surface area contributed by atoms with E-state index >= 15 is 0 Å². The summed E-state index contributed by atoms with van der Waals surface area (Å²) < 4.78 is 29.5. The molecule has 1 amide bonds. The molecular weight excluding hydrogens is 377 g/mol. The fraction of sp³-hybridized carbons (Fsp3) is 0.333. The number of anilines is 1. The molecule has 3 rings (SSSR count). The molecule has 2 aromatic rings. The molecule has 2 N–H and O–H groups in total. The molecule has 0 saturated carbocycles. The predicted octanol–water partition coefficient (Wildman–Crippen LogP) is 3.22. The lowest BCUT2D eigenvalue weighted by Gasteiger charge is -2.14. The van der Waals surface area contributed by atoms with Gasteiger partial charge in [-0.1, -0.05) is 6.07 Å². The molecule has 0 bridgehead atoms. The quantitative estimate of drug-likeness (QED) is 0.574. The Morgan fingerprint density at radius 1 is 1.21 bits per heavy atom. The number of methoxy groups -OCH3 is 2. The van der Waals surface area contributed by atoms with E-state index in [0.29, 0.717) is 35.9 Å². The Bertz CT molecular complexity index is 860. The van der Waals surface area contributed by atoms with Gasteiger partial charge in [-0.05, 0) is 43.2 Å². The number of aliphatic imine (C=N–C) groups is 1. The van der Waals surface area contributed by atoms with Crippen molar-refractivity contribution in [2.24, 2.45) is 4.99 Å². The van der Waals surface area contributed by atoms with E-state index in [1.165, 1.54) is 26.4 Å². The maximum Gasteiger partial charge on any atom is 0.258 e. The molecule has 0 aromatic heterocycles. The van der Waals surface area contributed by atoms with Gasteiger partial charge >= 0.3 is 0 Å². The van der Waals surface area contributed by atoms with Crippen molar-refractivity contribution in [2.45, 2.75) is 18.9 Å². The Labute approximate surface area is 168 Å². The molecule has 1 aliphatic rings. The highest BCUT2D eigenvalue weighted by molar-refractivity contribution is 6.10. The maximum absolute atomic E-state index is 13.5. The van der Waals surface area contributed by atoms with Crippen LogP contribution in [0.1, 0.15) is 23.2 Å². The molecule has 1 atom stereocenters. The molecule has 0 aliphatic carbocycles.